The van der Waals surface area contributed by atoms with Gasteiger partial charge in [-0.05, 0) is 15.9 Å². The van der Waals surface area contributed by atoms with Crippen molar-refractivity contribution >= 4 is 54.1 Å². The second-order valence-electron chi connectivity index (χ2n) is 6.82. The normalized spacial score (nSPS) is 21.8. The maximum absolute atomic E-state index is 15.0. The van der Waals surface area contributed by atoms with Crippen molar-refractivity contribution in [1.82, 2.24) is 9.97 Å². The Morgan fingerprint density at radius 1 is 1.31 bits per heavy atom. The van der Waals surface area contributed by atoms with Gasteiger partial charge in [0.2, 0.25) is 15.0 Å². The molecule has 1 aromatic carbocycles. The summed E-state index contributed by atoms with van der Waals surface area (Å²) in [5.74, 6) is -1.43. The van der Waals surface area contributed by atoms with Gasteiger partial charge in [0, 0.05) is 12.2 Å². The van der Waals surface area contributed by atoms with E-state index in [0.29, 0.717) is 0 Å². The maximum atomic E-state index is 15.0. The van der Waals surface area contributed by atoms with Gasteiger partial charge in [-0.1, -0.05) is 11.6 Å². The molecule has 0 amide bonds. The third-order valence-corrected chi connectivity index (χ3v) is 7.01. The highest BCUT2D eigenvalue weighted by atomic mass is 79.9. The molecule has 0 aliphatic carbocycles. The van der Waals surface area contributed by atoms with Crippen LogP contribution in [0.25, 0.3) is 10.9 Å². The predicted molar refractivity (Wildman–Crippen MR) is 102 cm³/mol. The molecule has 1 fully saturated rings. The Bertz CT molecular complexity index is 1100. The quantitative estimate of drug-likeness (QED) is 0.458. The summed E-state index contributed by atoms with van der Waals surface area (Å²) in [6.07, 6.45) is -1.91. The lowest BCUT2D eigenvalue weighted by molar-refractivity contribution is 0.147. The van der Waals surface area contributed by atoms with Crippen LogP contribution in [-0.4, -0.2) is 63.5 Å². The van der Waals surface area contributed by atoms with Crippen LogP contribution < -0.4 is 9.64 Å². The second kappa shape index (κ2) is 7.40. The Morgan fingerprint density at radius 3 is 2.69 bits per heavy atom. The monoisotopic (exact) mass is 515 g/mol. The number of halogens is 5. The first-order valence-electron chi connectivity index (χ1n) is 8.43. The molecule has 2 aromatic rings. The molecule has 2 unspecified atom stereocenters. The molecule has 1 saturated heterocycles. The van der Waals surface area contributed by atoms with E-state index in [1.54, 1.807) is 0 Å². The average Bonchev–Trinajstić information content (AvgIpc) is 3.09. The maximum Gasteiger partial charge on any atom is 0.255 e. The third kappa shape index (κ3) is 3.53. The summed E-state index contributed by atoms with van der Waals surface area (Å²) in [5, 5.41) is -0.871. The second-order valence-corrected chi connectivity index (χ2v) is 9.90. The van der Waals surface area contributed by atoms with Crippen LogP contribution in [0.15, 0.2) is 9.63 Å². The first kappa shape index (κ1) is 20.9. The molecule has 4 rings (SSSR count). The minimum absolute atomic E-state index is 0.00499. The van der Waals surface area contributed by atoms with Gasteiger partial charge in [0.15, 0.2) is 11.6 Å². The zero-order valence-corrected chi connectivity index (χ0v) is 18.0. The lowest BCUT2D eigenvalue weighted by atomic mass is 10.0. The molecular formula is C16H14BrClF3N3O4S. The molecule has 2 atom stereocenters. The van der Waals surface area contributed by atoms with E-state index in [9.17, 15) is 21.6 Å². The van der Waals surface area contributed by atoms with Crippen LogP contribution in [0.2, 0.25) is 5.02 Å². The molecule has 0 radical (unpaired) electrons. The molecule has 3 heterocycles. The smallest absolute Gasteiger partial charge is 0.255 e. The van der Waals surface area contributed by atoms with Gasteiger partial charge in [0.05, 0.1) is 42.3 Å². The van der Waals surface area contributed by atoms with Gasteiger partial charge in [-0.25, -0.2) is 31.6 Å². The van der Waals surface area contributed by atoms with E-state index in [4.69, 9.17) is 21.1 Å². The summed E-state index contributed by atoms with van der Waals surface area (Å²) < 4.78 is 77.2. The van der Waals surface area contributed by atoms with Gasteiger partial charge < -0.3 is 14.4 Å². The van der Waals surface area contributed by atoms with Crippen molar-refractivity contribution in [3.63, 3.8) is 0 Å². The van der Waals surface area contributed by atoms with Gasteiger partial charge in [-0.2, -0.15) is 0 Å². The van der Waals surface area contributed by atoms with E-state index >= 15 is 0 Å². The molecule has 0 saturated carbocycles. The van der Waals surface area contributed by atoms with Crippen LogP contribution in [0.3, 0.4) is 0 Å². The largest absolute Gasteiger partial charge is 0.491 e. The lowest BCUT2D eigenvalue weighted by Gasteiger charge is -2.35. The summed E-state index contributed by atoms with van der Waals surface area (Å²) in [4.78, 5) is 9.11. The first-order chi connectivity index (χ1) is 13.6. The van der Waals surface area contributed by atoms with Gasteiger partial charge in [0.1, 0.15) is 16.4 Å². The van der Waals surface area contributed by atoms with E-state index in [2.05, 4.69) is 25.9 Å². The van der Waals surface area contributed by atoms with Crippen LogP contribution in [0.1, 0.15) is 0 Å². The molecule has 2 aliphatic rings. The van der Waals surface area contributed by atoms with E-state index in [1.807, 2.05) is 0 Å². The molecule has 0 spiro atoms. The number of aromatic nitrogens is 2. The fraction of sp³-hybridized carbons (Fsp3) is 0.500. The fourth-order valence-electron chi connectivity index (χ4n) is 3.52. The highest BCUT2D eigenvalue weighted by Crippen LogP contribution is 2.47. The number of fused-ring (bicyclic) bond motifs is 1. The topological polar surface area (TPSA) is 81.6 Å². The fourth-order valence-corrected chi connectivity index (χ4v) is 4.63. The molecule has 0 N–H and O–H groups in total. The highest BCUT2D eigenvalue weighted by molar-refractivity contribution is 9.10. The molecule has 2 aliphatic heterocycles. The van der Waals surface area contributed by atoms with Crippen molar-refractivity contribution < 1.29 is 31.1 Å². The van der Waals surface area contributed by atoms with Crippen LogP contribution in [-0.2, 0) is 14.6 Å². The van der Waals surface area contributed by atoms with Crippen molar-refractivity contribution in [2.75, 3.05) is 37.5 Å². The van der Waals surface area contributed by atoms with Crippen LogP contribution in [0.5, 0.6) is 5.75 Å². The SMILES string of the molecule is CS(=O)(=O)c1nc2c3c(c(Cl)c(Br)c(F)c3n1)OCC1COCC1N2CC(F)F. The third-order valence-electron chi connectivity index (χ3n) is 4.83. The van der Waals surface area contributed by atoms with E-state index in [1.165, 1.54) is 4.90 Å². The summed E-state index contributed by atoms with van der Waals surface area (Å²) in [6, 6.07) is -0.562. The number of nitrogens with zero attached hydrogens (tertiary/aromatic N) is 3. The lowest BCUT2D eigenvalue weighted by Crippen LogP contribution is -2.46. The minimum Gasteiger partial charge on any atom is -0.491 e. The molecule has 7 nitrogen and oxygen atoms in total. The summed E-state index contributed by atoms with van der Waals surface area (Å²) in [7, 11) is -3.97. The minimum atomic E-state index is -3.97. The summed E-state index contributed by atoms with van der Waals surface area (Å²) >= 11 is 9.27. The average molecular weight is 517 g/mol. The zero-order chi connectivity index (χ0) is 21.1. The van der Waals surface area contributed by atoms with Crippen molar-refractivity contribution in [3.05, 3.63) is 15.3 Å². The van der Waals surface area contributed by atoms with Crippen molar-refractivity contribution in [2.24, 2.45) is 5.92 Å². The van der Waals surface area contributed by atoms with Crippen molar-refractivity contribution in [2.45, 2.75) is 17.6 Å². The summed E-state index contributed by atoms with van der Waals surface area (Å²) in [5.41, 5.74) is -0.390. The number of anilines is 1. The van der Waals surface area contributed by atoms with Crippen LogP contribution >= 0.6 is 27.5 Å². The van der Waals surface area contributed by atoms with Crippen molar-refractivity contribution in [1.29, 1.82) is 0 Å². The molecule has 158 valence electrons. The highest BCUT2D eigenvalue weighted by Gasteiger charge is 2.40. The Hall–Kier alpha value is -1.37. The molecular weight excluding hydrogens is 503 g/mol. The van der Waals surface area contributed by atoms with E-state index < -0.39 is 45.3 Å². The van der Waals surface area contributed by atoms with E-state index in [-0.39, 0.29) is 52.2 Å². The Labute approximate surface area is 177 Å². The molecule has 13 heteroatoms. The molecule has 1 aromatic heterocycles. The van der Waals surface area contributed by atoms with Gasteiger partial charge >= 0.3 is 0 Å². The Kier molecular flexibility index (Phi) is 5.33. The molecule has 0 bridgehead atoms. The van der Waals surface area contributed by atoms with Gasteiger partial charge in [-0.15, -0.1) is 0 Å². The standard InChI is InChI=1S/C16H14BrClF3N3O4S/c1-29(25,26)16-22-13-9-14(11(18)10(17)12(13)21)28-4-6-3-27-5-7(6)24(2-8(19)20)15(9)23-16/h6-8H,2-5H2,1H3. The van der Waals surface area contributed by atoms with Crippen LogP contribution in [0.4, 0.5) is 19.0 Å². The van der Waals surface area contributed by atoms with Gasteiger partial charge in [0.25, 0.3) is 6.43 Å². The number of sulfone groups is 1. The molecule has 29 heavy (non-hydrogen) atoms. The number of hydrogen-bond donors (Lipinski definition) is 0. The Morgan fingerprint density at radius 2 is 2.03 bits per heavy atom. The number of alkyl halides is 2. The van der Waals surface area contributed by atoms with E-state index in [0.717, 1.165) is 6.26 Å². The van der Waals surface area contributed by atoms with Gasteiger partial charge in [-0.3, -0.25) is 0 Å². The summed E-state index contributed by atoms with van der Waals surface area (Å²) in [6.45, 7) is -0.297. The number of hydrogen-bond acceptors (Lipinski definition) is 7. The first-order valence-corrected chi connectivity index (χ1v) is 11.5. The Balaban J connectivity index is 2.13. The zero-order valence-electron chi connectivity index (χ0n) is 14.8. The number of ether oxygens (including phenoxy) is 2. The van der Waals surface area contributed by atoms with Crippen molar-refractivity contribution in [3.8, 4) is 5.75 Å². The van der Waals surface area contributed by atoms with Crippen LogP contribution in [0, 0.1) is 11.7 Å². The number of rotatable bonds is 3. The number of benzene rings is 1. The predicted octanol–water partition coefficient (Wildman–Crippen LogP) is 3.07.